The van der Waals surface area contributed by atoms with Crippen molar-refractivity contribution in [1.82, 2.24) is 0 Å². The van der Waals surface area contributed by atoms with Gasteiger partial charge in [-0.1, -0.05) is 279 Å². The summed E-state index contributed by atoms with van der Waals surface area (Å²) in [6, 6.07) is 151. The number of anilines is 12. The zero-order valence-electron chi connectivity index (χ0n) is 61.7. The molecule has 0 fully saturated rings. The summed E-state index contributed by atoms with van der Waals surface area (Å²) in [5, 5.41) is 14.6. The van der Waals surface area contributed by atoms with E-state index in [0.717, 1.165) is 86.2 Å². The topological polar surface area (TPSA) is 13.0 Å². The van der Waals surface area contributed by atoms with Crippen molar-refractivity contribution in [2.75, 3.05) is 19.6 Å². The molecule has 114 heavy (non-hydrogen) atoms. The molecule has 0 aliphatic carbocycles. The van der Waals surface area contributed by atoms with Gasteiger partial charge in [0.2, 0.25) is 0 Å². The number of para-hydroxylation sites is 4. The van der Waals surface area contributed by atoms with Crippen molar-refractivity contribution in [3.05, 3.63) is 459 Å². The standard InChI is InChI=1S/C54H38N2.C38H28N2.C13H6F4.Ir/c1-5-13-45-35-51(31-23-41(45)9-1)55(52-32-24-42-10-2-6-14-46(42)36-52)49-27-19-39(20-28-49)17-18-40-21-29-50(30-22-40)56(53-33-25-43-11-3-7-15-47(43)37-53)54-34-26-44-12-4-8-16-48(44)38-54;1-5-17-29(18-6-1)39(30-19-7-2-8-20-30)37-33-25-13-15-27-35(33)38(36-28-16-14-26-34(36)37)40(31-21-9-3-10-22-31)32-23-11-4-12-24-32;14-12-7-3-10(4-8-12)9-1-5-11(6-2-9)13(15,16)17;/h1-38H;1-28H;1,3,5-8H;/q;;-2;/b18-17+;;;. The van der Waals surface area contributed by atoms with Gasteiger partial charge in [0, 0.05) is 104 Å². The summed E-state index contributed by atoms with van der Waals surface area (Å²) >= 11 is 0. The molecule has 0 heterocycles. The first-order valence-electron chi connectivity index (χ1n) is 37.5. The first-order valence-corrected chi connectivity index (χ1v) is 37.5. The Kier molecular flexibility index (Phi) is 21.9. The van der Waals surface area contributed by atoms with E-state index in [2.05, 4.69) is 432 Å². The van der Waals surface area contributed by atoms with Crippen molar-refractivity contribution in [3.63, 3.8) is 0 Å². The van der Waals surface area contributed by atoms with Gasteiger partial charge in [-0.25, -0.2) is 11.1 Å². The molecule has 0 amide bonds. The van der Waals surface area contributed by atoms with Crippen LogP contribution in [0, 0.1) is 17.9 Å². The number of hydrogen-bond donors (Lipinski definition) is 0. The zero-order chi connectivity index (χ0) is 76.5. The minimum Gasteiger partial charge on any atom is -0.310 e. The van der Waals surface area contributed by atoms with Gasteiger partial charge < -0.3 is 19.6 Å². The molecule has 0 N–H and O–H groups in total. The number of hydrogen-bond acceptors (Lipinski definition) is 4. The largest absolute Gasteiger partial charge is 0.381 e. The molecule has 0 aliphatic rings. The molecule has 551 valence electrons. The van der Waals surface area contributed by atoms with Crippen LogP contribution in [-0.2, 0) is 26.3 Å². The second-order valence-electron chi connectivity index (χ2n) is 27.5. The third-order valence-electron chi connectivity index (χ3n) is 20.3. The summed E-state index contributed by atoms with van der Waals surface area (Å²) < 4.78 is 49.5. The van der Waals surface area contributed by atoms with Crippen molar-refractivity contribution in [2.45, 2.75) is 6.18 Å². The maximum absolute atomic E-state index is 12.6. The molecular weight excluding hydrogens is 1590 g/mol. The normalized spacial score (nSPS) is 11.2. The zero-order valence-corrected chi connectivity index (χ0v) is 64.1. The van der Waals surface area contributed by atoms with Gasteiger partial charge >= 0.3 is 6.18 Å². The molecule has 9 heteroatoms. The Balaban J connectivity index is 0.000000146. The fourth-order valence-corrected chi connectivity index (χ4v) is 14.8. The molecule has 19 rings (SSSR count). The Bertz CT molecular complexity index is 5900. The van der Waals surface area contributed by atoms with Gasteiger partial charge in [0.25, 0.3) is 0 Å². The minimum atomic E-state index is -4.37. The first kappa shape index (κ1) is 74.2. The van der Waals surface area contributed by atoms with E-state index in [-0.39, 0.29) is 20.1 Å². The van der Waals surface area contributed by atoms with Crippen LogP contribution >= 0.6 is 0 Å². The molecule has 0 saturated heterocycles. The van der Waals surface area contributed by atoms with Crippen LogP contribution in [0.25, 0.3) is 87.9 Å². The van der Waals surface area contributed by atoms with Crippen LogP contribution in [0.15, 0.2) is 425 Å². The van der Waals surface area contributed by atoms with Crippen molar-refractivity contribution < 1.29 is 37.7 Å². The van der Waals surface area contributed by atoms with E-state index in [1.165, 1.54) is 94.2 Å². The molecule has 1 radical (unpaired) electrons. The van der Waals surface area contributed by atoms with Crippen molar-refractivity contribution in [3.8, 4) is 11.1 Å². The van der Waals surface area contributed by atoms with Crippen LogP contribution in [0.2, 0.25) is 0 Å². The van der Waals surface area contributed by atoms with Gasteiger partial charge in [-0.2, -0.15) is 37.4 Å². The summed E-state index contributed by atoms with van der Waals surface area (Å²) in [7, 11) is 0. The number of nitrogens with zero attached hydrogens (tertiary/aromatic N) is 4. The Morgan fingerprint density at radius 3 is 0.754 bits per heavy atom. The van der Waals surface area contributed by atoms with Crippen LogP contribution in [0.1, 0.15) is 16.7 Å². The summed E-state index contributed by atoms with van der Waals surface area (Å²) in [6.45, 7) is 0. The minimum absolute atomic E-state index is 0. The molecule has 0 spiro atoms. The van der Waals surface area contributed by atoms with E-state index in [4.69, 9.17) is 0 Å². The second kappa shape index (κ2) is 33.7. The maximum Gasteiger partial charge on any atom is 0.381 e. The van der Waals surface area contributed by atoms with Crippen molar-refractivity contribution >= 4 is 145 Å². The van der Waals surface area contributed by atoms with Gasteiger partial charge in [-0.05, 0) is 181 Å². The summed E-state index contributed by atoms with van der Waals surface area (Å²) in [5.41, 5.74) is 16.0. The van der Waals surface area contributed by atoms with E-state index < -0.39 is 17.6 Å². The Morgan fingerprint density at radius 2 is 0.482 bits per heavy atom. The van der Waals surface area contributed by atoms with E-state index in [0.29, 0.717) is 11.1 Å². The predicted octanol–water partition coefficient (Wildman–Crippen LogP) is 30.5. The molecule has 0 bridgehead atoms. The SMILES string of the molecule is C(=C\c1ccc(N(c2ccc3ccccc3c2)c2ccc3ccccc3c2)cc1)/c1ccc(N(c2ccc3ccccc3c2)c2ccc3ccccc3c2)cc1.Fc1c[c-]c(-c2[c-]cc(C(F)(F)F)cc2)cc1.[Ir].c1ccc(N(c2ccccc2)c2c3ccccc3c(N(c3ccccc3)c3ccccc3)c3ccccc23)cc1. The van der Waals surface area contributed by atoms with E-state index >= 15 is 0 Å². The smallest absolute Gasteiger partial charge is 0.310 e. The van der Waals surface area contributed by atoms with Crippen LogP contribution in [0.3, 0.4) is 0 Å². The number of fused-ring (bicyclic) bond motifs is 6. The fraction of sp³-hybridized carbons (Fsp3) is 0.00952. The third kappa shape index (κ3) is 16.2. The number of alkyl halides is 3. The fourth-order valence-electron chi connectivity index (χ4n) is 14.8. The Labute approximate surface area is 674 Å². The molecule has 0 aliphatic heterocycles. The molecule has 4 nitrogen and oxygen atoms in total. The average Bonchev–Trinajstić information content (AvgIpc) is 0.722. The number of benzene rings is 19. The average molecular weight is 1660 g/mol. The Hall–Kier alpha value is -14.0. The third-order valence-corrected chi connectivity index (χ3v) is 20.3. The second-order valence-corrected chi connectivity index (χ2v) is 27.5. The maximum atomic E-state index is 12.6. The summed E-state index contributed by atoms with van der Waals surface area (Å²) in [5.74, 6) is -0.444. The monoisotopic (exact) mass is 1660 g/mol. The van der Waals surface area contributed by atoms with Crippen LogP contribution in [-0.4, -0.2) is 0 Å². The molecular formula is C105H72F4IrN4-2. The molecule has 0 saturated carbocycles. The molecule has 0 aromatic heterocycles. The van der Waals surface area contributed by atoms with Gasteiger partial charge in [0.1, 0.15) is 0 Å². The van der Waals surface area contributed by atoms with Crippen LogP contribution < -0.4 is 19.6 Å². The summed E-state index contributed by atoms with van der Waals surface area (Å²) in [4.78, 5) is 9.48. The molecule has 19 aromatic rings. The van der Waals surface area contributed by atoms with Gasteiger partial charge in [-0.3, -0.25) is 4.39 Å². The number of halogens is 4. The van der Waals surface area contributed by atoms with E-state index in [1.807, 2.05) is 0 Å². The van der Waals surface area contributed by atoms with E-state index in [9.17, 15) is 17.6 Å². The number of rotatable bonds is 15. The molecule has 0 atom stereocenters. The van der Waals surface area contributed by atoms with Crippen molar-refractivity contribution in [1.29, 1.82) is 0 Å². The Morgan fingerprint density at radius 1 is 0.228 bits per heavy atom. The van der Waals surface area contributed by atoms with Gasteiger partial charge in [0.15, 0.2) is 0 Å². The first-order chi connectivity index (χ1) is 55.6. The van der Waals surface area contributed by atoms with Gasteiger partial charge in [-0.15, -0.1) is 24.3 Å². The van der Waals surface area contributed by atoms with E-state index in [1.54, 1.807) is 0 Å². The van der Waals surface area contributed by atoms with Crippen LogP contribution in [0.5, 0.6) is 0 Å². The van der Waals surface area contributed by atoms with Crippen molar-refractivity contribution in [2.24, 2.45) is 0 Å². The van der Waals surface area contributed by atoms with Crippen LogP contribution in [0.4, 0.5) is 85.8 Å². The van der Waals surface area contributed by atoms with Gasteiger partial charge in [0.05, 0.1) is 11.4 Å². The molecule has 19 aromatic carbocycles. The quantitative estimate of drug-likeness (QED) is 0.0333. The molecule has 0 unspecified atom stereocenters. The summed E-state index contributed by atoms with van der Waals surface area (Å²) in [6.07, 6.45) is 0.0146. The predicted molar refractivity (Wildman–Crippen MR) is 467 cm³/mol.